The highest BCUT2D eigenvalue weighted by atomic mass is 16.6. The molecule has 5 atom stereocenters. The first kappa shape index (κ1) is 18.9. The second-order valence-corrected chi connectivity index (χ2v) is 8.15. The molecule has 0 amide bonds. The molecule has 0 aromatic heterocycles. The lowest BCUT2D eigenvalue weighted by Crippen LogP contribution is -2.50. The van der Waals surface area contributed by atoms with Crippen molar-refractivity contribution in [1.29, 1.82) is 0 Å². The van der Waals surface area contributed by atoms with Crippen LogP contribution in [0.15, 0.2) is 23.0 Å². The van der Waals surface area contributed by atoms with E-state index in [1.54, 1.807) is 19.9 Å². The quantitative estimate of drug-likeness (QED) is 0.380. The first-order chi connectivity index (χ1) is 12.1. The highest BCUT2D eigenvalue weighted by molar-refractivity contribution is 5.89. The highest BCUT2D eigenvalue weighted by Crippen LogP contribution is 2.40. The number of esters is 2. The molecule has 7 nitrogen and oxygen atoms in total. The van der Waals surface area contributed by atoms with Crippen molar-refractivity contribution >= 4 is 11.9 Å². The summed E-state index contributed by atoms with van der Waals surface area (Å²) in [5.41, 5.74) is -0.724. The summed E-state index contributed by atoms with van der Waals surface area (Å²) < 4.78 is 11.7. The summed E-state index contributed by atoms with van der Waals surface area (Å²) in [7, 11) is 2.00. The van der Waals surface area contributed by atoms with Crippen LogP contribution in [-0.4, -0.2) is 71.1 Å². The van der Waals surface area contributed by atoms with Crippen molar-refractivity contribution in [1.82, 2.24) is 0 Å². The van der Waals surface area contributed by atoms with Crippen molar-refractivity contribution < 1.29 is 33.8 Å². The fourth-order valence-electron chi connectivity index (χ4n) is 4.36. The van der Waals surface area contributed by atoms with E-state index >= 15 is 0 Å². The maximum absolute atomic E-state index is 12.7. The fraction of sp³-hybridized carbons (Fsp3) is 0.684. The van der Waals surface area contributed by atoms with Crippen molar-refractivity contribution in [3.8, 4) is 0 Å². The summed E-state index contributed by atoms with van der Waals surface area (Å²) in [6, 6.07) is -0.230. The maximum atomic E-state index is 12.7. The van der Waals surface area contributed by atoms with Crippen molar-refractivity contribution in [2.45, 2.75) is 51.4 Å². The molecule has 2 fully saturated rings. The molecule has 0 bridgehead atoms. The van der Waals surface area contributed by atoms with E-state index in [0.29, 0.717) is 28.6 Å². The summed E-state index contributed by atoms with van der Waals surface area (Å²) in [4.78, 5) is 25.2. The van der Waals surface area contributed by atoms with Crippen molar-refractivity contribution in [2.24, 2.45) is 5.92 Å². The van der Waals surface area contributed by atoms with Crippen molar-refractivity contribution in [2.75, 3.05) is 26.7 Å². The van der Waals surface area contributed by atoms with E-state index in [1.165, 1.54) is 6.92 Å². The lowest BCUT2D eigenvalue weighted by Gasteiger charge is -2.33. The Balaban J connectivity index is 1.99. The molecular formula is C19H28NO6+. The number of likely N-dealkylation sites (N-methyl/N-ethyl adjacent to an activating group) is 1. The number of cyclic esters (lactones) is 1. The monoisotopic (exact) mass is 366 g/mol. The van der Waals surface area contributed by atoms with Gasteiger partial charge in [-0.15, -0.1) is 0 Å². The molecule has 144 valence electrons. The Morgan fingerprint density at radius 2 is 2.04 bits per heavy atom. The van der Waals surface area contributed by atoms with Gasteiger partial charge in [0.25, 0.3) is 0 Å². The van der Waals surface area contributed by atoms with E-state index in [0.717, 1.165) is 6.54 Å². The van der Waals surface area contributed by atoms with Gasteiger partial charge in [-0.25, -0.2) is 9.59 Å². The smallest absolute Gasteiger partial charge is 0.338 e. The average Bonchev–Trinajstić information content (AvgIpc) is 3.00. The van der Waals surface area contributed by atoms with Crippen LogP contribution in [0.4, 0.5) is 0 Å². The topological polar surface area (TPSA) is 93.1 Å². The number of allylic oxidation sites excluding steroid dienone is 1. The third-order valence-electron chi connectivity index (χ3n) is 6.31. The molecule has 7 heteroatoms. The van der Waals surface area contributed by atoms with Gasteiger partial charge >= 0.3 is 11.9 Å². The Labute approximate surface area is 153 Å². The van der Waals surface area contributed by atoms with Crippen LogP contribution in [0, 0.1) is 5.92 Å². The molecule has 3 rings (SSSR count). The minimum absolute atomic E-state index is 0.101. The first-order valence-electron chi connectivity index (χ1n) is 9.11. The molecule has 3 aliphatic heterocycles. The Morgan fingerprint density at radius 1 is 1.35 bits per heavy atom. The molecule has 0 spiro atoms. The highest BCUT2D eigenvalue weighted by Gasteiger charge is 2.56. The van der Waals surface area contributed by atoms with Crippen molar-refractivity contribution in [3.05, 3.63) is 23.0 Å². The largest absolute Gasteiger partial charge is 0.506 e. The number of rotatable bonds is 0. The van der Waals surface area contributed by atoms with Crippen LogP contribution in [0.1, 0.15) is 33.6 Å². The Bertz CT molecular complexity index is 694. The van der Waals surface area contributed by atoms with E-state index in [4.69, 9.17) is 9.47 Å². The zero-order valence-electron chi connectivity index (χ0n) is 15.8. The molecule has 0 aromatic carbocycles. The Hall–Kier alpha value is -1.86. The molecule has 2 saturated heterocycles. The number of carbonyl (C=O) groups excluding carboxylic acids is 2. The van der Waals surface area contributed by atoms with E-state index in [-0.39, 0.29) is 30.9 Å². The van der Waals surface area contributed by atoms with Gasteiger partial charge in [0.1, 0.15) is 13.2 Å². The van der Waals surface area contributed by atoms with Crippen LogP contribution in [0.2, 0.25) is 0 Å². The van der Waals surface area contributed by atoms with Crippen LogP contribution in [-0.2, 0) is 19.1 Å². The van der Waals surface area contributed by atoms with Gasteiger partial charge in [-0.1, -0.05) is 13.0 Å². The molecule has 0 aromatic rings. The number of quaternary nitrogens is 1. The summed E-state index contributed by atoms with van der Waals surface area (Å²) in [6.07, 6.45) is 2.21. The number of nitrogens with zero attached hydrogens (tertiary/aromatic N) is 1. The average molecular weight is 366 g/mol. The van der Waals surface area contributed by atoms with Gasteiger partial charge in [-0.2, -0.15) is 0 Å². The molecule has 0 aliphatic carbocycles. The number of carbonyl (C=O) groups is 2. The van der Waals surface area contributed by atoms with Gasteiger partial charge in [-0.3, -0.25) is 0 Å². The van der Waals surface area contributed by atoms with Crippen LogP contribution in [0.5, 0.6) is 0 Å². The van der Waals surface area contributed by atoms with Gasteiger partial charge in [0.15, 0.2) is 23.5 Å². The maximum Gasteiger partial charge on any atom is 0.338 e. The predicted octanol–water partition coefficient (Wildman–Crippen LogP) is 1.22. The van der Waals surface area contributed by atoms with E-state index in [2.05, 4.69) is 0 Å². The Kier molecular flexibility index (Phi) is 4.65. The zero-order valence-corrected chi connectivity index (χ0v) is 15.8. The van der Waals surface area contributed by atoms with Crippen LogP contribution < -0.4 is 0 Å². The van der Waals surface area contributed by atoms with Crippen LogP contribution >= 0.6 is 0 Å². The SMILES string of the molecule is C/C=C1/C[C@@H](C)[C@](C)(O)C(=O)OCC2=C(O)C[N+]3(C)CC[C@@H](OC1=O)[C@@H]23. The molecule has 0 saturated carbocycles. The lowest BCUT2D eigenvalue weighted by atomic mass is 9.85. The molecule has 26 heavy (non-hydrogen) atoms. The summed E-state index contributed by atoms with van der Waals surface area (Å²) in [5.74, 6) is -1.51. The fourth-order valence-corrected chi connectivity index (χ4v) is 4.36. The van der Waals surface area contributed by atoms with E-state index in [1.807, 2.05) is 7.05 Å². The molecule has 3 heterocycles. The van der Waals surface area contributed by atoms with Gasteiger partial charge in [0, 0.05) is 12.0 Å². The number of ether oxygens (including phenoxy) is 2. The van der Waals surface area contributed by atoms with E-state index in [9.17, 15) is 19.8 Å². The molecule has 1 unspecified atom stereocenters. The summed E-state index contributed by atoms with van der Waals surface area (Å²) in [5, 5.41) is 21.0. The van der Waals surface area contributed by atoms with Gasteiger partial charge in [-0.05, 0) is 26.2 Å². The minimum atomic E-state index is -1.74. The normalized spacial score (nSPS) is 42.8. The van der Waals surface area contributed by atoms with Gasteiger partial charge < -0.3 is 24.2 Å². The van der Waals surface area contributed by atoms with Crippen LogP contribution in [0.25, 0.3) is 0 Å². The first-order valence-corrected chi connectivity index (χ1v) is 9.11. The standard InChI is InChI=1S/C19H27NO6/c1-5-12-8-11(2)19(3,24)18(23)25-10-13-14(21)9-20(4)7-6-15(16(13)20)26-17(12)22/h5,11,15-16,24H,6-10H2,1-4H3/p+1/b12-5-/t11-,15-,16-,19+,20?/m1/s1. The number of aliphatic hydroxyl groups is 2. The van der Waals surface area contributed by atoms with Gasteiger partial charge in [0.05, 0.1) is 19.2 Å². The second kappa shape index (κ2) is 6.39. The minimum Gasteiger partial charge on any atom is -0.506 e. The molecule has 3 aliphatic rings. The summed E-state index contributed by atoms with van der Waals surface area (Å²) in [6.45, 7) is 5.92. The zero-order chi connectivity index (χ0) is 19.3. The summed E-state index contributed by atoms with van der Waals surface area (Å²) >= 11 is 0. The van der Waals surface area contributed by atoms with Gasteiger partial charge in [0.2, 0.25) is 0 Å². The predicted molar refractivity (Wildman–Crippen MR) is 93.0 cm³/mol. The van der Waals surface area contributed by atoms with Crippen LogP contribution in [0.3, 0.4) is 0 Å². The number of aliphatic hydroxyl groups excluding tert-OH is 1. The lowest BCUT2D eigenvalue weighted by molar-refractivity contribution is -0.908. The third-order valence-corrected chi connectivity index (χ3v) is 6.31. The number of hydrogen-bond acceptors (Lipinski definition) is 6. The molecule has 0 radical (unpaired) electrons. The van der Waals surface area contributed by atoms with Crippen molar-refractivity contribution in [3.63, 3.8) is 0 Å². The number of hydrogen-bond donors (Lipinski definition) is 2. The molecular weight excluding hydrogens is 338 g/mol. The van der Waals surface area contributed by atoms with E-state index < -0.39 is 23.5 Å². The third kappa shape index (κ3) is 2.93. The molecule has 2 N–H and O–H groups in total. The second-order valence-electron chi connectivity index (χ2n) is 8.15. The Morgan fingerprint density at radius 3 is 2.69 bits per heavy atom.